The van der Waals surface area contributed by atoms with Crippen LogP contribution in [-0.4, -0.2) is 130 Å². The maximum atomic E-state index is 13.7. The fourth-order valence-electron chi connectivity index (χ4n) is 6.08. The molecule has 0 aliphatic carbocycles. The number of rotatable bonds is 15. The quantitative estimate of drug-likeness (QED) is 0.0638. The summed E-state index contributed by atoms with van der Waals surface area (Å²) in [6.07, 6.45) is 0. The predicted octanol–water partition coefficient (Wildman–Crippen LogP) is -1.01. The molecular formula is C24H20N2O30S10. The topological polar surface area (TPSA) is 550 Å². The molecule has 10 N–H and O–H groups in total. The lowest BCUT2D eigenvalue weighted by atomic mass is 9.86. The number of benzene rings is 4. The first-order valence-electron chi connectivity index (χ1n) is 15.1. The lowest BCUT2D eigenvalue weighted by Gasteiger charge is -2.30. The Morgan fingerprint density at radius 1 is 0.258 bits per heavy atom. The van der Waals surface area contributed by atoms with E-state index in [2.05, 4.69) is 0 Å². The molecule has 0 unspecified atom stereocenters. The summed E-state index contributed by atoms with van der Waals surface area (Å²) in [6.45, 7) is 0. The summed E-state index contributed by atoms with van der Waals surface area (Å²) >= 11 is 0. The highest BCUT2D eigenvalue weighted by Crippen LogP contribution is 2.58. The van der Waals surface area contributed by atoms with E-state index < -0.39 is 183 Å². The molecule has 366 valence electrons. The Balaban J connectivity index is 3.08. The van der Waals surface area contributed by atoms with Crippen molar-refractivity contribution in [2.75, 3.05) is 7.42 Å². The van der Waals surface area contributed by atoms with Crippen LogP contribution in [0, 0.1) is 0 Å². The summed E-state index contributed by atoms with van der Waals surface area (Å²) in [6, 6.07) is 7.12. The van der Waals surface area contributed by atoms with Gasteiger partial charge in [0.05, 0.1) is 0 Å². The number of hydrogen-bond donors (Lipinski definition) is 10. The van der Waals surface area contributed by atoms with Crippen LogP contribution in [0.15, 0.2) is 90.0 Å². The molecule has 0 spiro atoms. The van der Waals surface area contributed by atoms with Gasteiger partial charge in [-0.05, 0) is 11.1 Å². The average Bonchev–Trinajstić information content (AvgIpc) is 3.06. The first-order valence-corrected chi connectivity index (χ1v) is 29.4. The molecule has 66 heavy (non-hydrogen) atoms. The molecule has 0 aromatic heterocycles. The Labute approximate surface area is 371 Å². The van der Waals surface area contributed by atoms with Crippen LogP contribution in [-0.2, 0) is 102 Å². The molecule has 32 nitrogen and oxygen atoms in total. The predicted molar refractivity (Wildman–Crippen MR) is 213 cm³/mol. The van der Waals surface area contributed by atoms with Crippen molar-refractivity contribution in [3.05, 3.63) is 60.7 Å². The van der Waals surface area contributed by atoms with Crippen molar-refractivity contribution in [2.24, 2.45) is 0 Å². The Morgan fingerprint density at radius 2 is 0.485 bits per heavy atom. The minimum Gasteiger partial charge on any atom is -0.282 e. The van der Waals surface area contributed by atoms with Crippen molar-refractivity contribution in [2.45, 2.75) is 29.4 Å². The second kappa shape index (κ2) is 16.7. The van der Waals surface area contributed by atoms with E-state index in [9.17, 15) is 130 Å². The zero-order chi connectivity index (χ0) is 51.3. The summed E-state index contributed by atoms with van der Waals surface area (Å²) in [5, 5.41) is 0. The maximum absolute atomic E-state index is 13.7. The molecule has 0 atom stereocenters. The highest BCUT2D eigenvalue weighted by Gasteiger charge is 2.52. The van der Waals surface area contributed by atoms with Gasteiger partial charge in [0, 0.05) is 22.3 Å². The van der Waals surface area contributed by atoms with Gasteiger partial charge in [0.1, 0.15) is 40.7 Å². The van der Waals surface area contributed by atoms with Crippen molar-refractivity contribution >= 4 is 113 Å². The Morgan fingerprint density at radius 3 is 0.742 bits per heavy atom. The van der Waals surface area contributed by atoms with E-state index >= 15 is 0 Å². The summed E-state index contributed by atoms with van der Waals surface area (Å²) in [5.41, 5.74) is -18.5. The molecule has 0 amide bonds. The van der Waals surface area contributed by atoms with Crippen LogP contribution >= 0.6 is 0 Å². The third-order valence-electron chi connectivity index (χ3n) is 7.81. The van der Waals surface area contributed by atoms with Crippen LogP contribution in [0.4, 0.5) is 11.4 Å². The Kier molecular flexibility index (Phi) is 13.7. The third kappa shape index (κ3) is 10.5. The highest BCUT2D eigenvalue weighted by atomic mass is 32.3. The van der Waals surface area contributed by atoms with E-state index in [0.717, 1.165) is 36.4 Å². The Bertz CT molecular complexity index is 3780. The molecule has 0 heterocycles. The minimum atomic E-state index is -7.49. The van der Waals surface area contributed by atoms with Crippen molar-refractivity contribution in [1.82, 2.24) is 0 Å². The molecular weight excluding hydrogens is 1120 g/mol. The third-order valence-corrected chi connectivity index (χ3v) is 18.4. The molecule has 0 aliphatic heterocycles. The van der Waals surface area contributed by atoms with Crippen molar-refractivity contribution < 1.29 is 130 Å². The zero-order valence-electron chi connectivity index (χ0n) is 30.4. The van der Waals surface area contributed by atoms with Gasteiger partial charge in [-0.2, -0.15) is 84.2 Å². The van der Waals surface area contributed by atoms with E-state index in [0.29, 0.717) is 24.3 Å². The van der Waals surface area contributed by atoms with Crippen molar-refractivity contribution in [3.63, 3.8) is 0 Å². The molecule has 4 rings (SSSR count). The Hall–Kier alpha value is -4.42. The van der Waals surface area contributed by atoms with Crippen LogP contribution < -0.4 is 7.42 Å². The van der Waals surface area contributed by atoms with Gasteiger partial charge in [-0.15, -0.1) is 7.42 Å². The van der Waals surface area contributed by atoms with Crippen LogP contribution in [0.2, 0.25) is 0 Å². The fourth-order valence-corrected chi connectivity index (χ4v) is 16.7. The molecule has 4 aromatic rings. The highest BCUT2D eigenvalue weighted by molar-refractivity contribution is 8.06. The van der Waals surface area contributed by atoms with Crippen LogP contribution in [0.1, 0.15) is 0 Å². The minimum absolute atomic E-state index is 0.502. The van der Waals surface area contributed by atoms with E-state index in [1.54, 1.807) is 0 Å². The number of hydrogen-bond acceptors (Lipinski definition) is 20. The maximum Gasteiger partial charge on any atom is 0.375 e. The van der Waals surface area contributed by atoms with Gasteiger partial charge in [-0.25, -0.2) is 0 Å². The van der Waals surface area contributed by atoms with Gasteiger partial charge in [-0.3, -0.25) is 45.5 Å². The lowest BCUT2D eigenvalue weighted by Crippen LogP contribution is -2.39. The van der Waals surface area contributed by atoms with E-state index in [4.69, 9.17) is 0 Å². The second-order valence-electron chi connectivity index (χ2n) is 12.1. The first-order chi connectivity index (χ1) is 29.2. The molecule has 0 bridgehead atoms. The summed E-state index contributed by atoms with van der Waals surface area (Å²) in [5.74, 6) is 0. The van der Waals surface area contributed by atoms with Gasteiger partial charge < -0.3 is 0 Å². The van der Waals surface area contributed by atoms with Gasteiger partial charge in [0.15, 0.2) is 0 Å². The van der Waals surface area contributed by atoms with Crippen molar-refractivity contribution in [1.29, 1.82) is 0 Å². The zero-order valence-corrected chi connectivity index (χ0v) is 38.6. The van der Waals surface area contributed by atoms with E-state index in [1.165, 1.54) is 0 Å². The molecule has 42 heteroatoms. The molecule has 0 aliphatic rings. The van der Waals surface area contributed by atoms with Crippen LogP contribution in [0.3, 0.4) is 0 Å². The van der Waals surface area contributed by atoms with Crippen LogP contribution in [0.5, 0.6) is 0 Å². The SMILES string of the molecule is O=S(=O)(O)c1c(-c2c(S(=O)(=O)O)c(S(=O)(=O)O)c(N(S(=O)(=O)O)S(=O)(=O)O)c(S(=O)(=O)O)c2S(=O)(=O)O)c(-c2ccccc2)c(-c2ccccc2)c(N(S(=O)(=O)O)S(=O)(=O)O)c1S(=O)(=O)O. The van der Waals surface area contributed by atoms with E-state index in [-0.39, 0.29) is 0 Å². The largest absolute Gasteiger partial charge is 0.375 e. The smallest absolute Gasteiger partial charge is 0.282 e. The molecule has 0 saturated heterocycles. The molecule has 0 radical (unpaired) electrons. The average molecular weight is 1140 g/mol. The van der Waals surface area contributed by atoms with Gasteiger partial charge in [-0.1, -0.05) is 60.7 Å². The standard InChI is InChI=1S/C24H20N2O30S10/c27-57(28,29)19-15(13(11-7-3-1-4-8-11)14(12-9-5-2-6-10-12)17(22(19)60(36,37)38)25(63(45,46)47)64(48,49)50)16-20(58(30,31)32)23(61(39,40)41)18(26(65(51,52)53)66(54,55)56)24(62(42,43)44)21(16)59(33,34)35/h1-10H,(H,27,28,29)(H,30,31,32)(H,33,34,35)(H,36,37,38)(H,39,40,41)(H,42,43,44)(H,45,46,47)(H,48,49,50)(H,51,52,53)(H,54,55,56). The van der Waals surface area contributed by atoms with Crippen LogP contribution in [0.25, 0.3) is 33.4 Å². The van der Waals surface area contributed by atoms with Gasteiger partial charge in [0.25, 0.3) is 60.7 Å². The summed E-state index contributed by atoms with van der Waals surface area (Å²) < 4.78 is 362. The van der Waals surface area contributed by atoms with Crippen molar-refractivity contribution in [3.8, 4) is 33.4 Å². The van der Waals surface area contributed by atoms with E-state index in [1.807, 2.05) is 0 Å². The molecule has 4 aromatic carbocycles. The first kappa shape index (κ1) is 54.2. The monoisotopic (exact) mass is 1140 g/mol. The van der Waals surface area contributed by atoms with Gasteiger partial charge >= 0.3 is 41.2 Å². The normalized spacial score (nSPS) is 13.9. The summed E-state index contributed by atoms with van der Waals surface area (Å²) in [4.78, 5) is -20.6. The lowest BCUT2D eigenvalue weighted by molar-refractivity contribution is 0.452. The molecule has 0 saturated carbocycles. The molecule has 0 fully saturated rings. The van der Waals surface area contributed by atoms with Gasteiger partial charge in [0.2, 0.25) is 0 Å². The second-order valence-corrected chi connectivity index (χ2v) is 25.7. The fraction of sp³-hybridized carbons (Fsp3) is 0. The number of nitrogens with zero attached hydrogens (tertiary/aromatic N) is 2. The summed E-state index contributed by atoms with van der Waals surface area (Å²) in [7, 11) is -73.2. The number of anilines is 2.